The monoisotopic (exact) mass is 367 g/mol. The summed E-state index contributed by atoms with van der Waals surface area (Å²) >= 11 is 12.1. The van der Waals surface area contributed by atoms with Gasteiger partial charge in [0.1, 0.15) is 5.82 Å². The molecule has 0 fully saturated rings. The van der Waals surface area contributed by atoms with Crippen LogP contribution in [0.5, 0.6) is 0 Å². The fourth-order valence-corrected chi connectivity index (χ4v) is 2.45. The summed E-state index contributed by atoms with van der Waals surface area (Å²) < 4.78 is 0. The second-order valence-corrected chi connectivity index (χ2v) is 6.25. The number of carbonyl (C=O) groups excluding carboxylic acids is 1. The molecule has 0 aliphatic heterocycles. The summed E-state index contributed by atoms with van der Waals surface area (Å²) in [4.78, 5) is 14.3. The molecule has 6 nitrogen and oxygen atoms in total. The predicted octanol–water partition coefficient (Wildman–Crippen LogP) is 3.40. The molecule has 0 saturated heterocycles. The predicted molar refractivity (Wildman–Crippen MR) is 98.1 cm³/mol. The van der Waals surface area contributed by atoms with Crippen molar-refractivity contribution in [1.29, 1.82) is 0 Å². The van der Waals surface area contributed by atoms with Crippen LogP contribution in [0.3, 0.4) is 0 Å². The molecular formula is C16H19Cl2N5O. The highest BCUT2D eigenvalue weighted by Crippen LogP contribution is 2.30. The number of anilines is 2. The minimum atomic E-state index is -0.420. The quantitative estimate of drug-likeness (QED) is 0.733. The molecule has 8 heteroatoms. The van der Waals surface area contributed by atoms with E-state index in [9.17, 15) is 4.79 Å². The Hall–Kier alpha value is -1.89. The fraction of sp³-hybridized carbons (Fsp3) is 0.312. The number of benzene rings is 1. The molecule has 0 saturated carbocycles. The van der Waals surface area contributed by atoms with E-state index in [2.05, 4.69) is 25.7 Å². The van der Waals surface area contributed by atoms with Gasteiger partial charge < -0.3 is 15.5 Å². The van der Waals surface area contributed by atoms with Crippen molar-refractivity contribution in [2.45, 2.75) is 6.42 Å². The van der Waals surface area contributed by atoms with Crippen molar-refractivity contribution in [2.75, 3.05) is 37.8 Å². The molecule has 2 rings (SSSR count). The van der Waals surface area contributed by atoms with Crippen LogP contribution >= 0.6 is 23.2 Å². The van der Waals surface area contributed by atoms with Gasteiger partial charge in [0.2, 0.25) is 0 Å². The van der Waals surface area contributed by atoms with Gasteiger partial charge in [-0.3, -0.25) is 4.79 Å². The molecule has 1 aromatic carbocycles. The van der Waals surface area contributed by atoms with Crippen LogP contribution in [0.1, 0.15) is 16.9 Å². The molecule has 0 aliphatic rings. The number of halogens is 2. The van der Waals surface area contributed by atoms with Gasteiger partial charge in [0.05, 0.1) is 15.7 Å². The lowest BCUT2D eigenvalue weighted by Crippen LogP contribution is -2.17. The third kappa shape index (κ3) is 5.33. The summed E-state index contributed by atoms with van der Waals surface area (Å²) in [5.41, 5.74) is 0.545. The van der Waals surface area contributed by atoms with E-state index in [4.69, 9.17) is 23.2 Å². The van der Waals surface area contributed by atoms with Crippen molar-refractivity contribution in [3.63, 3.8) is 0 Å². The Morgan fingerprint density at radius 3 is 2.42 bits per heavy atom. The number of amides is 1. The first-order valence-electron chi connectivity index (χ1n) is 7.45. The summed E-state index contributed by atoms with van der Waals surface area (Å²) in [6.45, 7) is 1.77. The van der Waals surface area contributed by atoms with Crippen LogP contribution in [0.25, 0.3) is 0 Å². The third-order valence-electron chi connectivity index (χ3n) is 3.19. The van der Waals surface area contributed by atoms with Crippen LogP contribution in [0.4, 0.5) is 11.5 Å². The molecule has 0 aliphatic carbocycles. The molecule has 0 radical (unpaired) electrons. The molecule has 0 unspecified atom stereocenters. The Morgan fingerprint density at radius 2 is 1.83 bits per heavy atom. The Morgan fingerprint density at radius 1 is 1.12 bits per heavy atom. The number of nitrogens with one attached hydrogen (secondary N) is 2. The normalized spacial score (nSPS) is 10.7. The largest absolute Gasteiger partial charge is 0.369 e. The molecule has 1 aromatic heterocycles. The van der Waals surface area contributed by atoms with Crippen LogP contribution < -0.4 is 10.6 Å². The van der Waals surface area contributed by atoms with Crippen molar-refractivity contribution in [3.05, 3.63) is 46.1 Å². The second kappa shape index (κ2) is 8.82. The number of carbonyl (C=O) groups is 1. The number of aromatic nitrogens is 2. The molecule has 2 N–H and O–H groups in total. The number of hydrogen-bond donors (Lipinski definition) is 2. The lowest BCUT2D eigenvalue weighted by Gasteiger charge is -2.10. The van der Waals surface area contributed by atoms with Crippen LogP contribution in [0.15, 0.2) is 30.3 Å². The zero-order valence-corrected chi connectivity index (χ0v) is 15.0. The Balaban J connectivity index is 1.94. The highest BCUT2D eigenvalue weighted by molar-refractivity contribution is 6.39. The molecular weight excluding hydrogens is 349 g/mol. The zero-order valence-electron chi connectivity index (χ0n) is 13.5. The lowest BCUT2D eigenvalue weighted by molar-refractivity contribution is 0.102. The van der Waals surface area contributed by atoms with E-state index in [0.717, 1.165) is 19.5 Å². The van der Waals surface area contributed by atoms with Crippen LogP contribution in [-0.4, -0.2) is 48.2 Å². The Labute approximate surface area is 151 Å². The molecule has 128 valence electrons. The summed E-state index contributed by atoms with van der Waals surface area (Å²) in [5.74, 6) is 0.206. The van der Waals surface area contributed by atoms with E-state index in [1.165, 1.54) is 0 Å². The summed E-state index contributed by atoms with van der Waals surface area (Å²) in [7, 11) is 4.05. The Kier molecular flexibility index (Phi) is 6.78. The van der Waals surface area contributed by atoms with Crippen molar-refractivity contribution in [3.8, 4) is 0 Å². The number of para-hydroxylation sites is 1. The van der Waals surface area contributed by atoms with Crippen molar-refractivity contribution >= 4 is 40.6 Å². The number of rotatable bonds is 7. The van der Waals surface area contributed by atoms with Gasteiger partial charge in [-0.1, -0.05) is 29.3 Å². The van der Waals surface area contributed by atoms with Crippen LogP contribution in [0.2, 0.25) is 10.0 Å². The first kappa shape index (κ1) is 18.4. The molecule has 1 heterocycles. The van der Waals surface area contributed by atoms with E-state index >= 15 is 0 Å². The standard InChI is InChI=1S/C16H19Cl2N5O/c1-23(2)10-4-9-19-14-8-7-13(21-22-14)16(24)20-15-11(17)5-3-6-12(15)18/h3,5-8H,4,9-10H2,1-2H3,(H,19,22)(H,20,24). The van der Waals surface area contributed by atoms with E-state index < -0.39 is 5.91 Å². The summed E-state index contributed by atoms with van der Waals surface area (Å²) in [6, 6.07) is 8.31. The molecule has 2 aromatic rings. The average molecular weight is 368 g/mol. The number of hydrogen-bond acceptors (Lipinski definition) is 5. The molecule has 24 heavy (non-hydrogen) atoms. The summed E-state index contributed by atoms with van der Waals surface area (Å²) in [5, 5.41) is 14.5. The first-order chi connectivity index (χ1) is 11.5. The van der Waals surface area contributed by atoms with Crippen molar-refractivity contribution in [2.24, 2.45) is 0 Å². The Bertz CT molecular complexity index is 671. The minimum absolute atomic E-state index is 0.185. The molecule has 1 amide bonds. The lowest BCUT2D eigenvalue weighted by atomic mass is 10.3. The highest BCUT2D eigenvalue weighted by atomic mass is 35.5. The fourth-order valence-electron chi connectivity index (χ4n) is 1.95. The minimum Gasteiger partial charge on any atom is -0.369 e. The van der Waals surface area contributed by atoms with E-state index in [-0.39, 0.29) is 5.69 Å². The number of nitrogens with zero attached hydrogens (tertiary/aromatic N) is 3. The maximum absolute atomic E-state index is 12.2. The van der Waals surface area contributed by atoms with E-state index in [1.54, 1.807) is 30.3 Å². The van der Waals surface area contributed by atoms with Gasteiger partial charge in [-0.05, 0) is 51.3 Å². The second-order valence-electron chi connectivity index (χ2n) is 5.44. The van der Waals surface area contributed by atoms with E-state index in [0.29, 0.717) is 21.6 Å². The van der Waals surface area contributed by atoms with Gasteiger partial charge >= 0.3 is 0 Å². The van der Waals surface area contributed by atoms with E-state index in [1.807, 2.05) is 14.1 Å². The van der Waals surface area contributed by atoms with Crippen molar-refractivity contribution < 1.29 is 4.79 Å². The maximum atomic E-state index is 12.2. The van der Waals surface area contributed by atoms with Gasteiger partial charge in [0, 0.05) is 6.54 Å². The van der Waals surface area contributed by atoms with Crippen LogP contribution in [-0.2, 0) is 0 Å². The molecule has 0 spiro atoms. The summed E-state index contributed by atoms with van der Waals surface area (Å²) in [6.07, 6.45) is 0.988. The molecule has 0 bridgehead atoms. The van der Waals surface area contributed by atoms with Gasteiger partial charge in [-0.25, -0.2) is 0 Å². The smallest absolute Gasteiger partial charge is 0.276 e. The zero-order chi connectivity index (χ0) is 17.5. The maximum Gasteiger partial charge on any atom is 0.276 e. The average Bonchev–Trinajstić information content (AvgIpc) is 2.55. The highest BCUT2D eigenvalue weighted by Gasteiger charge is 2.13. The molecule has 0 atom stereocenters. The third-order valence-corrected chi connectivity index (χ3v) is 3.82. The van der Waals surface area contributed by atoms with Gasteiger partial charge in [0.15, 0.2) is 5.69 Å². The first-order valence-corrected chi connectivity index (χ1v) is 8.20. The van der Waals surface area contributed by atoms with Gasteiger partial charge in [-0.15, -0.1) is 10.2 Å². The van der Waals surface area contributed by atoms with Crippen LogP contribution in [0, 0.1) is 0 Å². The topological polar surface area (TPSA) is 70.2 Å². The SMILES string of the molecule is CN(C)CCCNc1ccc(C(=O)Nc2c(Cl)cccc2Cl)nn1. The van der Waals surface area contributed by atoms with Gasteiger partial charge in [0.25, 0.3) is 5.91 Å². The van der Waals surface area contributed by atoms with Gasteiger partial charge in [-0.2, -0.15) is 0 Å². The van der Waals surface area contributed by atoms with Crippen molar-refractivity contribution in [1.82, 2.24) is 15.1 Å².